The number of carbonyl (C=O) groups is 3. The van der Waals surface area contributed by atoms with Crippen molar-refractivity contribution in [3.8, 4) is 0 Å². The summed E-state index contributed by atoms with van der Waals surface area (Å²) in [6.45, 7) is 5.33. The van der Waals surface area contributed by atoms with Crippen LogP contribution in [-0.4, -0.2) is 34.8 Å². The molecule has 2 heterocycles. The van der Waals surface area contributed by atoms with Crippen LogP contribution in [0.3, 0.4) is 0 Å². The zero-order valence-corrected chi connectivity index (χ0v) is 13.8. The van der Waals surface area contributed by atoms with Crippen LogP contribution in [0, 0.1) is 0 Å². The van der Waals surface area contributed by atoms with E-state index in [2.05, 4.69) is 10.6 Å². The zero-order valence-electron chi connectivity index (χ0n) is 13.0. The van der Waals surface area contributed by atoms with Crippen molar-refractivity contribution >= 4 is 29.2 Å². The van der Waals surface area contributed by atoms with Crippen LogP contribution in [-0.2, 0) is 9.59 Å². The molecule has 4 amide bonds. The molecule has 1 saturated heterocycles. The lowest BCUT2D eigenvalue weighted by Gasteiger charge is -2.23. The van der Waals surface area contributed by atoms with E-state index in [1.54, 1.807) is 11.3 Å². The van der Waals surface area contributed by atoms with Gasteiger partial charge >= 0.3 is 6.03 Å². The van der Waals surface area contributed by atoms with Crippen LogP contribution in [0.2, 0.25) is 0 Å². The molecule has 0 radical (unpaired) electrons. The third-order valence-electron chi connectivity index (χ3n) is 4.10. The molecule has 22 heavy (non-hydrogen) atoms. The molecule has 1 fully saturated rings. The lowest BCUT2D eigenvalue weighted by molar-refractivity contribution is -0.135. The van der Waals surface area contributed by atoms with Gasteiger partial charge in [-0.15, -0.1) is 11.3 Å². The molecule has 2 rings (SSSR count). The number of nitrogens with one attached hydrogen (secondary N) is 2. The molecule has 1 aromatic rings. The van der Waals surface area contributed by atoms with Crippen molar-refractivity contribution in [1.29, 1.82) is 0 Å². The highest BCUT2D eigenvalue weighted by atomic mass is 32.1. The first kappa shape index (κ1) is 16.5. The number of urea groups is 1. The lowest BCUT2D eigenvalue weighted by atomic mass is 9.93. The number of carbonyl (C=O) groups excluding carboxylic acids is 3. The van der Waals surface area contributed by atoms with Crippen molar-refractivity contribution < 1.29 is 14.4 Å². The van der Waals surface area contributed by atoms with Gasteiger partial charge in [0.1, 0.15) is 12.1 Å². The van der Waals surface area contributed by atoms with Crippen molar-refractivity contribution in [2.24, 2.45) is 0 Å². The number of amides is 4. The van der Waals surface area contributed by atoms with Gasteiger partial charge in [0.05, 0.1) is 6.04 Å². The fourth-order valence-corrected chi connectivity index (χ4v) is 3.32. The Bertz CT molecular complexity index is 567. The molecule has 1 aromatic heterocycles. The van der Waals surface area contributed by atoms with Crippen LogP contribution in [0.4, 0.5) is 4.79 Å². The van der Waals surface area contributed by atoms with E-state index in [4.69, 9.17) is 0 Å². The molecule has 1 atom stereocenters. The van der Waals surface area contributed by atoms with Crippen LogP contribution in [0.5, 0.6) is 0 Å². The van der Waals surface area contributed by atoms with Crippen LogP contribution in [0.15, 0.2) is 17.5 Å². The number of thiophene rings is 1. The molecular weight excluding hydrogens is 302 g/mol. The van der Waals surface area contributed by atoms with Crippen molar-refractivity contribution in [3.63, 3.8) is 0 Å². The maximum absolute atomic E-state index is 12.4. The molecule has 7 heteroatoms. The van der Waals surface area contributed by atoms with Gasteiger partial charge in [0.25, 0.3) is 5.91 Å². The molecule has 6 nitrogen and oxygen atoms in total. The highest BCUT2D eigenvalue weighted by Gasteiger charge is 2.49. The maximum Gasteiger partial charge on any atom is 0.325 e. The highest BCUT2D eigenvalue weighted by molar-refractivity contribution is 7.10. The van der Waals surface area contributed by atoms with Gasteiger partial charge in [-0.1, -0.05) is 19.9 Å². The second-order valence-corrected chi connectivity index (χ2v) is 6.39. The molecule has 0 aromatic carbocycles. The Morgan fingerprint density at radius 2 is 2.09 bits per heavy atom. The summed E-state index contributed by atoms with van der Waals surface area (Å²) in [5, 5.41) is 7.46. The SMILES string of the molecule is CCC1(CC)NC(=O)N(CC(=O)NC(C)c2cccs2)C1=O. The Morgan fingerprint density at radius 1 is 1.41 bits per heavy atom. The topological polar surface area (TPSA) is 78.5 Å². The number of hydrogen-bond acceptors (Lipinski definition) is 4. The second kappa shape index (κ2) is 6.48. The standard InChI is InChI=1S/C15H21N3O3S/c1-4-15(5-2)13(20)18(14(21)17-15)9-12(19)16-10(3)11-7-6-8-22-11/h6-8,10H,4-5,9H2,1-3H3,(H,16,19)(H,17,21). The van der Waals surface area contributed by atoms with Crippen molar-refractivity contribution in [2.75, 3.05) is 6.54 Å². The monoisotopic (exact) mass is 323 g/mol. The fourth-order valence-electron chi connectivity index (χ4n) is 2.59. The predicted molar refractivity (Wildman–Crippen MR) is 84.4 cm³/mol. The Kier molecular flexibility index (Phi) is 4.85. The minimum atomic E-state index is -0.864. The minimum absolute atomic E-state index is 0.143. The van der Waals surface area contributed by atoms with Gasteiger partial charge in [-0.05, 0) is 31.2 Å². The van der Waals surface area contributed by atoms with Gasteiger partial charge in [0.2, 0.25) is 5.91 Å². The summed E-state index contributed by atoms with van der Waals surface area (Å²) in [5.41, 5.74) is -0.864. The summed E-state index contributed by atoms with van der Waals surface area (Å²) in [6, 6.07) is 3.21. The number of hydrogen-bond donors (Lipinski definition) is 2. The third kappa shape index (κ3) is 2.99. The van der Waals surface area contributed by atoms with E-state index in [1.165, 1.54) is 0 Å². The van der Waals surface area contributed by atoms with Crippen molar-refractivity contribution in [1.82, 2.24) is 15.5 Å². The van der Waals surface area contributed by atoms with Crippen LogP contribution in [0.1, 0.15) is 44.5 Å². The van der Waals surface area contributed by atoms with Gasteiger partial charge in [-0.25, -0.2) is 4.79 Å². The molecule has 0 aliphatic carbocycles. The normalized spacial score (nSPS) is 18.2. The van der Waals surface area contributed by atoms with Gasteiger partial charge in [-0.2, -0.15) is 0 Å². The quantitative estimate of drug-likeness (QED) is 0.786. The molecule has 1 aliphatic rings. The summed E-state index contributed by atoms with van der Waals surface area (Å²) in [4.78, 5) is 38.5. The van der Waals surface area contributed by atoms with Gasteiger partial charge in [-0.3, -0.25) is 14.5 Å². The van der Waals surface area contributed by atoms with Gasteiger partial charge < -0.3 is 10.6 Å². The highest BCUT2D eigenvalue weighted by Crippen LogP contribution is 2.25. The number of nitrogens with zero attached hydrogens (tertiary/aromatic N) is 1. The molecule has 0 saturated carbocycles. The molecule has 0 bridgehead atoms. The van der Waals surface area contributed by atoms with Crippen LogP contribution < -0.4 is 10.6 Å². The summed E-state index contributed by atoms with van der Waals surface area (Å²) in [6.07, 6.45) is 1.02. The van der Waals surface area contributed by atoms with Crippen molar-refractivity contribution in [3.05, 3.63) is 22.4 Å². The van der Waals surface area contributed by atoms with E-state index in [9.17, 15) is 14.4 Å². The number of imide groups is 1. The summed E-state index contributed by atoms with van der Waals surface area (Å²) >= 11 is 1.55. The first-order chi connectivity index (χ1) is 10.4. The summed E-state index contributed by atoms with van der Waals surface area (Å²) in [5.74, 6) is -0.658. The Balaban J connectivity index is 2.00. The molecule has 1 unspecified atom stereocenters. The second-order valence-electron chi connectivity index (χ2n) is 5.42. The Labute approximate surface area is 133 Å². The smallest absolute Gasteiger partial charge is 0.325 e. The predicted octanol–water partition coefficient (Wildman–Crippen LogP) is 2.04. The van der Waals surface area contributed by atoms with E-state index in [-0.39, 0.29) is 24.4 Å². The van der Waals surface area contributed by atoms with E-state index in [0.29, 0.717) is 12.8 Å². The maximum atomic E-state index is 12.4. The van der Waals surface area contributed by atoms with E-state index >= 15 is 0 Å². The fraction of sp³-hybridized carbons (Fsp3) is 0.533. The third-order valence-corrected chi connectivity index (χ3v) is 5.16. The van der Waals surface area contributed by atoms with E-state index in [1.807, 2.05) is 38.3 Å². The first-order valence-corrected chi connectivity index (χ1v) is 8.28. The summed E-state index contributed by atoms with van der Waals surface area (Å²) in [7, 11) is 0. The molecule has 2 N–H and O–H groups in total. The molecule has 1 aliphatic heterocycles. The van der Waals surface area contributed by atoms with E-state index < -0.39 is 11.6 Å². The largest absolute Gasteiger partial charge is 0.347 e. The average molecular weight is 323 g/mol. The van der Waals surface area contributed by atoms with Crippen LogP contribution in [0.25, 0.3) is 0 Å². The number of rotatable bonds is 6. The van der Waals surface area contributed by atoms with Gasteiger partial charge in [0.15, 0.2) is 0 Å². The molecule has 120 valence electrons. The van der Waals surface area contributed by atoms with E-state index in [0.717, 1.165) is 9.78 Å². The van der Waals surface area contributed by atoms with Gasteiger partial charge in [0, 0.05) is 4.88 Å². The van der Waals surface area contributed by atoms with Crippen LogP contribution >= 0.6 is 11.3 Å². The average Bonchev–Trinajstić information content (AvgIpc) is 3.10. The molecular formula is C15H21N3O3S. The summed E-state index contributed by atoms with van der Waals surface area (Å²) < 4.78 is 0. The Morgan fingerprint density at radius 3 is 2.59 bits per heavy atom. The van der Waals surface area contributed by atoms with Crippen molar-refractivity contribution in [2.45, 2.75) is 45.2 Å². The minimum Gasteiger partial charge on any atom is -0.347 e. The Hall–Kier alpha value is -1.89. The molecule has 0 spiro atoms. The lowest BCUT2D eigenvalue weighted by Crippen LogP contribution is -2.46. The first-order valence-electron chi connectivity index (χ1n) is 7.40. The zero-order chi connectivity index (χ0) is 16.3.